The standard InChI is InChI=1S/C19H37N2O/c1-21(14-16-22-17-15-21)13-12-20(18-8-4-2-5-9-18)19-10-6-3-7-11-19/h18-19H,2-17H2,1H3/q+1. The fraction of sp³-hybridized carbons (Fsp3) is 1.00. The zero-order valence-corrected chi connectivity index (χ0v) is 14.8. The molecule has 0 amide bonds. The van der Waals surface area contributed by atoms with Crippen molar-refractivity contribution in [2.24, 2.45) is 0 Å². The first-order valence-corrected chi connectivity index (χ1v) is 9.94. The van der Waals surface area contributed by atoms with E-state index in [1.165, 1.54) is 94.9 Å². The Labute approximate surface area is 137 Å². The normalized spacial score (nSPS) is 28.1. The fourth-order valence-corrected chi connectivity index (χ4v) is 4.85. The van der Waals surface area contributed by atoms with Gasteiger partial charge in [-0.3, -0.25) is 4.90 Å². The number of hydrogen-bond donors (Lipinski definition) is 0. The molecule has 0 bridgehead atoms. The van der Waals surface area contributed by atoms with Crippen molar-refractivity contribution in [2.75, 3.05) is 46.4 Å². The van der Waals surface area contributed by atoms with Crippen LogP contribution in [0, 0.1) is 0 Å². The van der Waals surface area contributed by atoms with E-state index in [2.05, 4.69) is 11.9 Å². The summed E-state index contributed by atoms with van der Waals surface area (Å²) in [6.07, 6.45) is 14.7. The molecule has 0 aromatic carbocycles. The third kappa shape index (κ3) is 4.46. The molecule has 3 heteroatoms. The van der Waals surface area contributed by atoms with E-state index in [-0.39, 0.29) is 0 Å². The predicted molar refractivity (Wildman–Crippen MR) is 92.1 cm³/mol. The highest BCUT2D eigenvalue weighted by molar-refractivity contribution is 4.83. The molecule has 3 aliphatic rings. The average Bonchev–Trinajstić information content (AvgIpc) is 2.58. The van der Waals surface area contributed by atoms with Gasteiger partial charge in [0.05, 0.1) is 26.8 Å². The van der Waals surface area contributed by atoms with Gasteiger partial charge < -0.3 is 9.22 Å². The number of ether oxygens (including phenoxy) is 1. The summed E-state index contributed by atoms with van der Waals surface area (Å²) in [5.41, 5.74) is 0. The topological polar surface area (TPSA) is 12.5 Å². The molecule has 1 aliphatic heterocycles. The predicted octanol–water partition coefficient (Wildman–Crippen LogP) is 3.43. The molecule has 2 saturated carbocycles. The minimum atomic E-state index is 0.893. The summed E-state index contributed by atoms with van der Waals surface area (Å²) in [4.78, 5) is 2.97. The zero-order chi connectivity index (χ0) is 15.3. The molecule has 3 rings (SSSR count). The first kappa shape index (κ1) is 16.7. The van der Waals surface area contributed by atoms with E-state index in [4.69, 9.17) is 4.74 Å². The maximum absolute atomic E-state index is 5.58. The number of nitrogens with zero attached hydrogens (tertiary/aromatic N) is 2. The van der Waals surface area contributed by atoms with Gasteiger partial charge in [0.1, 0.15) is 13.1 Å². The van der Waals surface area contributed by atoms with Crippen LogP contribution in [0.3, 0.4) is 0 Å². The number of hydrogen-bond acceptors (Lipinski definition) is 2. The third-order valence-electron chi connectivity index (χ3n) is 6.54. The van der Waals surface area contributed by atoms with Gasteiger partial charge >= 0.3 is 0 Å². The Kier molecular flexibility index (Phi) is 6.17. The Morgan fingerprint density at radius 3 is 1.82 bits per heavy atom. The quantitative estimate of drug-likeness (QED) is 0.722. The lowest BCUT2D eigenvalue weighted by Gasteiger charge is -2.44. The summed E-state index contributed by atoms with van der Waals surface area (Å²) < 4.78 is 6.81. The molecule has 0 atom stereocenters. The first-order valence-electron chi connectivity index (χ1n) is 9.94. The lowest BCUT2D eigenvalue weighted by Crippen LogP contribution is -2.57. The molecular weight excluding hydrogens is 272 g/mol. The van der Waals surface area contributed by atoms with Crippen molar-refractivity contribution in [3.8, 4) is 0 Å². The van der Waals surface area contributed by atoms with Crippen molar-refractivity contribution in [1.29, 1.82) is 0 Å². The van der Waals surface area contributed by atoms with E-state index in [1.807, 2.05) is 0 Å². The Morgan fingerprint density at radius 1 is 0.818 bits per heavy atom. The van der Waals surface area contributed by atoms with Gasteiger partial charge in [0.15, 0.2) is 0 Å². The maximum Gasteiger partial charge on any atom is 0.102 e. The molecule has 0 aromatic heterocycles. The van der Waals surface area contributed by atoms with E-state index in [1.54, 1.807) is 0 Å². The minimum Gasteiger partial charge on any atom is -0.370 e. The Morgan fingerprint density at radius 2 is 1.32 bits per heavy atom. The van der Waals surface area contributed by atoms with E-state index in [9.17, 15) is 0 Å². The second-order valence-electron chi connectivity index (χ2n) is 8.22. The van der Waals surface area contributed by atoms with Crippen LogP contribution in [0.1, 0.15) is 64.2 Å². The van der Waals surface area contributed by atoms with Crippen molar-refractivity contribution >= 4 is 0 Å². The third-order valence-corrected chi connectivity index (χ3v) is 6.54. The molecule has 0 spiro atoms. The lowest BCUT2D eigenvalue weighted by atomic mass is 9.88. The molecule has 2 aliphatic carbocycles. The molecule has 0 radical (unpaired) electrons. The van der Waals surface area contributed by atoms with Crippen LogP contribution in [0.4, 0.5) is 0 Å². The summed E-state index contributed by atoms with van der Waals surface area (Å²) in [6, 6.07) is 1.79. The zero-order valence-electron chi connectivity index (χ0n) is 14.8. The van der Waals surface area contributed by atoms with Crippen LogP contribution in [0.15, 0.2) is 0 Å². The molecule has 3 fully saturated rings. The number of rotatable bonds is 5. The summed E-state index contributed by atoms with van der Waals surface area (Å²) >= 11 is 0. The van der Waals surface area contributed by atoms with Crippen LogP contribution in [-0.2, 0) is 4.74 Å². The molecule has 3 nitrogen and oxygen atoms in total. The minimum absolute atomic E-state index is 0.893. The van der Waals surface area contributed by atoms with Crippen LogP contribution in [0.5, 0.6) is 0 Å². The van der Waals surface area contributed by atoms with Crippen LogP contribution >= 0.6 is 0 Å². The van der Waals surface area contributed by atoms with E-state index < -0.39 is 0 Å². The SMILES string of the molecule is C[N+]1(CCN(C2CCCCC2)C2CCCCC2)CCOCC1. The molecule has 1 heterocycles. The first-order chi connectivity index (χ1) is 10.8. The maximum atomic E-state index is 5.58. The van der Waals surface area contributed by atoms with Gasteiger partial charge in [-0.05, 0) is 25.7 Å². The average molecular weight is 310 g/mol. The highest BCUT2D eigenvalue weighted by atomic mass is 16.5. The summed E-state index contributed by atoms with van der Waals surface area (Å²) in [6.45, 7) is 7.00. The van der Waals surface area contributed by atoms with Crippen LogP contribution in [0.25, 0.3) is 0 Å². The van der Waals surface area contributed by atoms with Gasteiger partial charge in [0.2, 0.25) is 0 Å². The summed E-state index contributed by atoms with van der Waals surface area (Å²) in [5.74, 6) is 0. The van der Waals surface area contributed by atoms with E-state index in [0.29, 0.717) is 0 Å². The highest BCUT2D eigenvalue weighted by Gasteiger charge is 2.32. The number of morpholine rings is 1. The van der Waals surface area contributed by atoms with Crippen molar-refractivity contribution < 1.29 is 9.22 Å². The molecular formula is C19H37N2O+. The Balaban J connectivity index is 1.59. The van der Waals surface area contributed by atoms with Crippen molar-refractivity contribution in [1.82, 2.24) is 4.90 Å². The van der Waals surface area contributed by atoms with Crippen LogP contribution in [0.2, 0.25) is 0 Å². The van der Waals surface area contributed by atoms with E-state index in [0.717, 1.165) is 25.3 Å². The summed E-state index contributed by atoms with van der Waals surface area (Å²) in [7, 11) is 2.45. The summed E-state index contributed by atoms with van der Waals surface area (Å²) in [5, 5.41) is 0. The molecule has 0 N–H and O–H groups in total. The molecule has 22 heavy (non-hydrogen) atoms. The Hall–Kier alpha value is -0.120. The molecule has 0 aromatic rings. The van der Waals surface area contributed by atoms with Gasteiger partial charge in [-0.2, -0.15) is 0 Å². The van der Waals surface area contributed by atoms with Crippen molar-refractivity contribution in [3.05, 3.63) is 0 Å². The van der Waals surface area contributed by atoms with Crippen molar-refractivity contribution in [2.45, 2.75) is 76.3 Å². The second kappa shape index (κ2) is 8.12. The van der Waals surface area contributed by atoms with E-state index >= 15 is 0 Å². The largest absolute Gasteiger partial charge is 0.370 e. The monoisotopic (exact) mass is 309 g/mol. The van der Waals surface area contributed by atoms with Crippen molar-refractivity contribution in [3.63, 3.8) is 0 Å². The molecule has 1 saturated heterocycles. The smallest absolute Gasteiger partial charge is 0.102 e. The van der Waals surface area contributed by atoms with Gasteiger partial charge in [-0.15, -0.1) is 0 Å². The van der Waals surface area contributed by atoms with Crippen LogP contribution in [-0.4, -0.2) is 67.9 Å². The Bertz CT molecular complexity index is 297. The number of likely N-dealkylation sites (N-methyl/N-ethyl adjacent to an activating group) is 1. The second-order valence-corrected chi connectivity index (χ2v) is 8.22. The fourth-order valence-electron chi connectivity index (χ4n) is 4.85. The lowest BCUT2D eigenvalue weighted by molar-refractivity contribution is -0.916. The highest BCUT2D eigenvalue weighted by Crippen LogP contribution is 2.30. The van der Waals surface area contributed by atoms with Gasteiger partial charge in [-0.1, -0.05) is 38.5 Å². The molecule has 128 valence electrons. The van der Waals surface area contributed by atoms with Gasteiger partial charge in [0.25, 0.3) is 0 Å². The van der Waals surface area contributed by atoms with Gasteiger partial charge in [-0.25, -0.2) is 0 Å². The molecule has 0 unspecified atom stereocenters. The van der Waals surface area contributed by atoms with Crippen LogP contribution < -0.4 is 0 Å². The number of quaternary nitrogens is 1. The van der Waals surface area contributed by atoms with Gasteiger partial charge in [0, 0.05) is 18.6 Å².